The predicted molar refractivity (Wildman–Crippen MR) is 123 cm³/mol. The zero-order chi connectivity index (χ0) is 26.7. The molecule has 8 nitrogen and oxygen atoms in total. The third-order valence-corrected chi connectivity index (χ3v) is 5.79. The third kappa shape index (κ3) is 6.58. The van der Waals surface area contributed by atoms with Crippen molar-refractivity contribution < 1.29 is 51.5 Å². The second-order valence-corrected chi connectivity index (χ2v) is 8.97. The molecular formula is C25H31F3O8. The van der Waals surface area contributed by atoms with E-state index in [0.29, 0.717) is 11.3 Å². The van der Waals surface area contributed by atoms with Gasteiger partial charge in [0.2, 0.25) is 0 Å². The Morgan fingerprint density at radius 1 is 1.17 bits per heavy atom. The summed E-state index contributed by atoms with van der Waals surface area (Å²) in [7, 11) is 2.81. The van der Waals surface area contributed by atoms with E-state index in [1.165, 1.54) is 26.4 Å². The Morgan fingerprint density at radius 3 is 2.53 bits per heavy atom. The van der Waals surface area contributed by atoms with Crippen LogP contribution in [0.15, 0.2) is 30.4 Å². The van der Waals surface area contributed by atoms with Gasteiger partial charge in [0.05, 0.1) is 13.2 Å². The van der Waals surface area contributed by atoms with Gasteiger partial charge in [-0.05, 0) is 38.8 Å². The van der Waals surface area contributed by atoms with Crippen molar-refractivity contribution in [1.82, 2.24) is 0 Å². The number of carbonyl (C=O) groups excluding carboxylic acids is 1. The average Bonchev–Trinajstić information content (AvgIpc) is 3.10. The van der Waals surface area contributed by atoms with Crippen molar-refractivity contribution in [3.05, 3.63) is 41.5 Å². The molecule has 36 heavy (non-hydrogen) atoms. The number of methoxy groups -OCH3 is 2. The van der Waals surface area contributed by atoms with E-state index in [1.54, 1.807) is 26.0 Å². The van der Waals surface area contributed by atoms with Gasteiger partial charge in [-0.3, -0.25) is 0 Å². The number of fused-ring (bicyclic) bond motifs is 2. The maximum atomic E-state index is 13.9. The summed E-state index contributed by atoms with van der Waals surface area (Å²) in [5.41, 5.74) is 0.211. The van der Waals surface area contributed by atoms with Crippen molar-refractivity contribution in [2.45, 2.75) is 63.6 Å². The highest BCUT2D eigenvalue weighted by Gasteiger charge is 2.46. The molecule has 1 fully saturated rings. The van der Waals surface area contributed by atoms with E-state index in [1.807, 2.05) is 0 Å². The highest BCUT2D eigenvalue weighted by atomic mass is 19.4. The maximum absolute atomic E-state index is 13.9. The Kier molecular flexibility index (Phi) is 8.71. The molecule has 0 aliphatic carbocycles. The van der Waals surface area contributed by atoms with Crippen LogP contribution < -0.4 is 9.47 Å². The molecule has 0 radical (unpaired) electrons. The van der Waals surface area contributed by atoms with Gasteiger partial charge in [0, 0.05) is 13.2 Å². The van der Waals surface area contributed by atoms with Crippen LogP contribution in [-0.2, 0) is 18.9 Å². The zero-order valence-electron chi connectivity index (χ0n) is 20.7. The molecule has 0 saturated carbocycles. The van der Waals surface area contributed by atoms with Crippen LogP contribution in [0, 0.1) is 5.92 Å². The van der Waals surface area contributed by atoms with Crippen LogP contribution in [0.3, 0.4) is 0 Å². The van der Waals surface area contributed by atoms with Crippen LogP contribution in [-0.4, -0.2) is 68.5 Å². The lowest BCUT2D eigenvalue weighted by Gasteiger charge is -2.26. The third-order valence-electron chi connectivity index (χ3n) is 5.79. The molecular weight excluding hydrogens is 485 g/mol. The first kappa shape index (κ1) is 28.0. The van der Waals surface area contributed by atoms with Crippen molar-refractivity contribution in [3.63, 3.8) is 0 Å². The second-order valence-electron chi connectivity index (χ2n) is 8.97. The topological polar surface area (TPSA) is 92.7 Å². The van der Waals surface area contributed by atoms with Crippen molar-refractivity contribution in [2.75, 3.05) is 21.0 Å². The van der Waals surface area contributed by atoms with Crippen molar-refractivity contribution >= 4 is 12.0 Å². The molecule has 200 valence electrons. The molecule has 0 bridgehead atoms. The Bertz CT molecular complexity index is 988. The van der Waals surface area contributed by atoms with Gasteiger partial charge >= 0.3 is 12.1 Å². The Morgan fingerprint density at radius 2 is 1.89 bits per heavy atom. The van der Waals surface area contributed by atoms with E-state index in [4.69, 9.17) is 28.4 Å². The molecule has 4 unspecified atom stereocenters. The summed E-state index contributed by atoms with van der Waals surface area (Å²) in [6.45, 7) is 4.22. The monoisotopic (exact) mass is 516 g/mol. The van der Waals surface area contributed by atoms with Gasteiger partial charge in [-0.15, -0.1) is 0 Å². The molecule has 0 amide bonds. The number of rotatable bonds is 4. The first-order chi connectivity index (χ1) is 16.9. The van der Waals surface area contributed by atoms with Gasteiger partial charge in [-0.2, -0.15) is 13.2 Å². The van der Waals surface area contributed by atoms with E-state index in [-0.39, 0.29) is 24.5 Å². The zero-order valence-corrected chi connectivity index (χ0v) is 20.7. The molecule has 0 spiro atoms. The van der Waals surface area contributed by atoms with E-state index >= 15 is 0 Å². The number of alkyl halides is 3. The summed E-state index contributed by atoms with van der Waals surface area (Å²) in [5.74, 6) is -3.89. The first-order valence-corrected chi connectivity index (χ1v) is 11.4. The Labute approximate surface area is 207 Å². The van der Waals surface area contributed by atoms with Gasteiger partial charge in [0.15, 0.2) is 12.6 Å². The summed E-state index contributed by atoms with van der Waals surface area (Å²) in [6, 6.07) is 2.96. The Balaban J connectivity index is 2.13. The lowest BCUT2D eigenvalue weighted by molar-refractivity contribution is -0.182. The number of hydrogen-bond donors (Lipinski definition) is 1. The number of hydrogen-bond acceptors (Lipinski definition) is 8. The minimum Gasteiger partial charge on any atom is -0.497 e. The number of halogens is 3. The number of benzene rings is 1. The molecule has 1 N–H and O–H groups in total. The maximum Gasteiger partial charge on any atom is 0.398 e. The Hall–Kier alpha value is -2.60. The fourth-order valence-corrected chi connectivity index (χ4v) is 4.15. The van der Waals surface area contributed by atoms with Crippen molar-refractivity contribution in [3.8, 4) is 11.5 Å². The number of carbonyl (C=O) groups is 1. The molecule has 1 saturated heterocycles. The molecule has 5 atom stereocenters. The highest BCUT2D eigenvalue weighted by molar-refractivity contribution is 5.97. The van der Waals surface area contributed by atoms with Crippen LogP contribution in [0.2, 0.25) is 0 Å². The van der Waals surface area contributed by atoms with E-state index in [0.717, 1.165) is 19.1 Å². The van der Waals surface area contributed by atoms with Crippen molar-refractivity contribution in [1.29, 1.82) is 0 Å². The van der Waals surface area contributed by atoms with Gasteiger partial charge < -0.3 is 33.5 Å². The fourth-order valence-electron chi connectivity index (χ4n) is 4.15. The van der Waals surface area contributed by atoms with Crippen LogP contribution in [0.5, 0.6) is 11.5 Å². The number of cyclic esters (lactones) is 1. The normalized spacial score (nSPS) is 28.6. The number of esters is 1. The largest absolute Gasteiger partial charge is 0.497 e. The summed E-state index contributed by atoms with van der Waals surface area (Å²) in [4.78, 5) is 13.2. The van der Waals surface area contributed by atoms with Gasteiger partial charge in [-0.1, -0.05) is 24.3 Å². The summed E-state index contributed by atoms with van der Waals surface area (Å²) in [6.07, 6.45) is -4.02. The number of aliphatic hydroxyl groups is 1. The smallest absolute Gasteiger partial charge is 0.398 e. The lowest BCUT2D eigenvalue weighted by atomic mass is 9.97. The highest BCUT2D eigenvalue weighted by Crippen LogP contribution is 2.37. The van der Waals surface area contributed by atoms with Gasteiger partial charge in [0.1, 0.15) is 41.3 Å². The fraction of sp³-hybridized carbons (Fsp3) is 0.560. The van der Waals surface area contributed by atoms with Gasteiger partial charge in [0.25, 0.3) is 0 Å². The quantitative estimate of drug-likeness (QED) is 0.361. The molecule has 1 aromatic carbocycles. The molecule has 2 heterocycles. The minimum absolute atomic E-state index is 0.0223. The summed E-state index contributed by atoms with van der Waals surface area (Å²) >= 11 is 0. The lowest BCUT2D eigenvalue weighted by Crippen LogP contribution is -2.36. The minimum atomic E-state index is -4.75. The standard InChI is InChI=1S/C25H31F3O8/c1-14-17(25(26,27)28)9-10-18(29)22-19(35-24(2,3)36-22)8-6-7-15-11-16(32-5)12-20(33-13-31-4)21(15)23(30)34-14/h6-7,9-12,14,17-19,22,29H,8,13H2,1-5H3/t14?,17?,18?,19-,22?/m0/s1. The van der Waals surface area contributed by atoms with E-state index < -0.39 is 48.3 Å². The van der Waals surface area contributed by atoms with E-state index in [2.05, 4.69) is 0 Å². The second kappa shape index (κ2) is 11.2. The summed E-state index contributed by atoms with van der Waals surface area (Å²) < 4.78 is 74.4. The van der Waals surface area contributed by atoms with Crippen molar-refractivity contribution in [2.24, 2.45) is 5.92 Å². The molecule has 1 aromatic rings. The average molecular weight is 517 g/mol. The van der Waals surface area contributed by atoms with Crippen LogP contribution in [0.1, 0.15) is 43.1 Å². The predicted octanol–water partition coefficient (Wildman–Crippen LogP) is 4.26. The summed E-state index contributed by atoms with van der Waals surface area (Å²) in [5, 5.41) is 10.7. The van der Waals surface area contributed by atoms with Crippen LogP contribution in [0.4, 0.5) is 13.2 Å². The van der Waals surface area contributed by atoms with E-state index in [9.17, 15) is 23.1 Å². The van der Waals surface area contributed by atoms with Gasteiger partial charge in [-0.25, -0.2) is 4.79 Å². The molecule has 3 rings (SSSR count). The molecule has 0 aromatic heterocycles. The number of aliphatic hydroxyl groups excluding tert-OH is 1. The SMILES string of the molecule is COCOc1cc(OC)cc2c1C(=O)OC(C)C(C(F)(F)F)C=CC(O)C1OC(C)(C)O[C@H]1CC=C2. The molecule has 2 aliphatic rings. The molecule has 11 heteroatoms. The van der Waals surface area contributed by atoms with Crippen LogP contribution in [0.25, 0.3) is 6.08 Å². The first-order valence-electron chi connectivity index (χ1n) is 11.4. The number of ether oxygens (including phenoxy) is 6. The van der Waals surface area contributed by atoms with Crippen LogP contribution >= 0.6 is 0 Å². The molecule has 2 aliphatic heterocycles.